The van der Waals surface area contributed by atoms with Crippen LogP contribution in [-0.4, -0.2) is 11.6 Å². The molecule has 16 heavy (non-hydrogen) atoms. The zero-order valence-corrected chi connectivity index (χ0v) is 12.0. The number of hydrogen-bond donors (Lipinski definition) is 0. The van der Waals surface area contributed by atoms with Crippen LogP contribution < -0.4 is 29.6 Å². The summed E-state index contributed by atoms with van der Waals surface area (Å²) < 4.78 is 0. The minimum Gasteiger partial charge on any atom is -0.299 e. The van der Waals surface area contributed by atoms with Crippen molar-refractivity contribution in [3.05, 3.63) is 34.9 Å². The van der Waals surface area contributed by atoms with Gasteiger partial charge >= 0.3 is 29.6 Å². The molecule has 2 nitrogen and oxygen atoms in total. The maximum absolute atomic E-state index is 11.3. The Hall–Kier alpha value is -0.150. The van der Waals surface area contributed by atoms with Gasteiger partial charge in [-0.05, 0) is 23.6 Å². The summed E-state index contributed by atoms with van der Waals surface area (Å²) in [4.78, 5) is 22.6. The molecule has 0 heterocycles. The van der Waals surface area contributed by atoms with Crippen molar-refractivity contribution in [2.45, 2.75) is 25.2 Å². The minimum absolute atomic E-state index is 0. The third-order valence-electron chi connectivity index (χ3n) is 2.68. The Labute approximate surface area is 122 Å². The second-order valence-corrected chi connectivity index (χ2v) is 4.35. The summed E-state index contributed by atoms with van der Waals surface area (Å²) in [6.07, 6.45) is 1.07. The van der Waals surface area contributed by atoms with Crippen LogP contribution in [-0.2, 0) is 9.59 Å². The Morgan fingerprint density at radius 1 is 1.00 bits per heavy atom. The number of halogens is 1. The van der Waals surface area contributed by atoms with E-state index < -0.39 is 0 Å². The summed E-state index contributed by atoms with van der Waals surface area (Å²) in [5, 5.41) is 0.673. The normalized spacial score (nSPS) is 17.1. The van der Waals surface area contributed by atoms with Crippen molar-refractivity contribution in [2.75, 3.05) is 0 Å². The molecule has 1 aromatic carbocycles. The molecule has 0 N–H and O–H groups in total. The van der Waals surface area contributed by atoms with Gasteiger partial charge in [0.1, 0.15) is 11.6 Å². The number of ketones is 2. The van der Waals surface area contributed by atoms with Crippen LogP contribution in [0.4, 0.5) is 0 Å². The Kier molecular flexibility index (Phi) is 5.19. The molecule has 0 saturated heterocycles. The van der Waals surface area contributed by atoms with E-state index in [1.54, 1.807) is 12.1 Å². The molecular weight excluding hydrogens is 235 g/mol. The predicted octanol–water partition coefficient (Wildman–Crippen LogP) is -0.250. The third-order valence-corrected chi connectivity index (χ3v) is 2.94. The monoisotopic (exact) mass is 245 g/mol. The first-order chi connectivity index (χ1) is 7.15. The van der Waals surface area contributed by atoms with Crippen LogP contribution in [0.2, 0.25) is 5.02 Å². The van der Waals surface area contributed by atoms with Gasteiger partial charge < -0.3 is 0 Å². The number of rotatable bonds is 1. The molecule has 0 amide bonds. The van der Waals surface area contributed by atoms with Gasteiger partial charge in [0, 0.05) is 17.9 Å². The van der Waals surface area contributed by atoms with Crippen LogP contribution >= 0.6 is 11.6 Å². The summed E-state index contributed by atoms with van der Waals surface area (Å²) in [6.45, 7) is 0. The van der Waals surface area contributed by atoms with Crippen LogP contribution in [0.3, 0.4) is 0 Å². The van der Waals surface area contributed by atoms with E-state index in [2.05, 4.69) is 0 Å². The average molecular weight is 246 g/mol. The van der Waals surface area contributed by atoms with E-state index in [0.29, 0.717) is 17.9 Å². The van der Waals surface area contributed by atoms with Crippen molar-refractivity contribution in [2.24, 2.45) is 0 Å². The van der Waals surface area contributed by atoms with Gasteiger partial charge in [-0.3, -0.25) is 9.59 Å². The molecule has 0 atom stereocenters. The number of carbonyl (C=O) groups excluding carboxylic acids is 2. The molecule has 4 heteroatoms. The van der Waals surface area contributed by atoms with Gasteiger partial charge in [-0.1, -0.05) is 23.7 Å². The summed E-state index contributed by atoms with van der Waals surface area (Å²) in [5.41, 5.74) is 1.03. The van der Waals surface area contributed by atoms with Gasteiger partial charge in [0.05, 0.1) is 6.42 Å². The molecule has 0 unspecified atom stereocenters. The fraction of sp³-hybridized carbons (Fsp3) is 0.333. The van der Waals surface area contributed by atoms with Crippen molar-refractivity contribution in [1.29, 1.82) is 0 Å². The molecule has 1 aromatic rings. The number of carbonyl (C=O) groups is 2. The molecule has 1 aliphatic rings. The molecule has 0 bridgehead atoms. The van der Waals surface area contributed by atoms with Gasteiger partial charge in [0.2, 0.25) is 0 Å². The van der Waals surface area contributed by atoms with Crippen LogP contribution in [0.15, 0.2) is 24.3 Å². The quantitative estimate of drug-likeness (QED) is 0.505. The van der Waals surface area contributed by atoms with Crippen molar-refractivity contribution >= 4 is 23.2 Å². The fourth-order valence-corrected chi connectivity index (χ4v) is 2.08. The Balaban J connectivity index is 0.00000128. The largest absolute Gasteiger partial charge is 1.00 e. The molecule has 1 fully saturated rings. The van der Waals surface area contributed by atoms with E-state index in [0.717, 1.165) is 5.56 Å². The fourth-order valence-electron chi connectivity index (χ4n) is 1.96. The first kappa shape index (κ1) is 13.9. The first-order valence-electron chi connectivity index (χ1n) is 4.94. The van der Waals surface area contributed by atoms with Gasteiger partial charge in [-0.2, -0.15) is 0 Å². The van der Waals surface area contributed by atoms with Crippen LogP contribution in [0.25, 0.3) is 0 Å². The second-order valence-electron chi connectivity index (χ2n) is 3.91. The summed E-state index contributed by atoms with van der Waals surface area (Å²) in [7, 11) is 0. The molecule has 0 aliphatic heterocycles. The minimum atomic E-state index is 0. The van der Waals surface area contributed by atoms with Gasteiger partial charge in [0.15, 0.2) is 0 Å². The molecule has 0 spiro atoms. The molecule has 0 radical (unpaired) electrons. The van der Waals surface area contributed by atoms with E-state index in [-0.39, 0.29) is 53.5 Å². The SMILES string of the molecule is O=C1CC(=O)CC(c2ccc(Cl)cc2)C1.[Na+]. The second kappa shape index (κ2) is 5.97. The Morgan fingerprint density at radius 3 is 2.00 bits per heavy atom. The molecule has 78 valence electrons. The zero-order valence-electron chi connectivity index (χ0n) is 9.20. The maximum Gasteiger partial charge on any atom is 1.00 e. The van der Waals surface area contributed by atoms with Crippen molar-refractivity contribution in [1.82, 2.24) is 0 Å². The van der Waals surface area contributed by atoms with Crippen LogP contribution in [0, 0.1) is 0 Å². The Bertz CT molecular complexity index is 384. The average Bonchev–Trinajstić information content (AvgIpc) is 2.17. The van der Waals surface area contributed by atoms with Crippen LogP contribution in [0.5, 0.6) is 0 Å². The summed E-state index contributed by atoms with van der Waals surface area (Å²) in [5.74, 6) is 0.147. The molecular formula is C12H11ClNaO2+. The molecule has 1 aliphatic carbocycles. The van der Waals surface area contributed by atoms with Crippen LogP contribution in [0.1, 0.15) is 30.7 Å². The van der Waals surface area contributed by atoms with Crippen molar-refractivity contribution in [3.8, 4) is 0 Å². The topological polar surface area (TPSA) is 34.1 Å². The van der Waals surface area contributed by atoms with Gasteiger partial charge in [-0.15, -0.1) is 0 Å². The Morgan fingerprint density at radius 2 is 1.50 bits per heavy atom. The smallest absolute Gasteiger partial charge is 0.299 e. The third kappa shape index (κ3) is 3.42. The van der Waals surface area contributed by atoms with E-state index in [4.69, 9.17) is 11.6 Å². The predicted molar refractivity (Wildman–Crippen MR) is 58.1 cm³/mol. The molecule has 2 rings (SSSR count). The van der Waals surface area contributed by atoms with Gasteiger partial charge in [0.25, 0.3) is 0 Å². The van der Waals surface area contributed by atoms with Crippen molar-refractivity contribution in [3.63, 3.8) is 0 Å². The summed E-state index contributed by atoms with van der Waals surface area (Å²) in [6, 6.07) is 7.36. The number of hydrogen-bond acceptors (Lipinski definition) is 2. The maximum atomic E-state index is 11.3. The standard InChI is InChI=1S/C12H11ClO2.Na/c13-10-3-1-8(2-4-10)9-5-11(14)7-12(15)6-9;/h1-4,9H,5-7H2;/q;+1. The molecule has 1 saturated carbocycles. The number of benzene rings is 1. The van der Waals surface area contributed by atoms with Crippen molar-refractivity contribution < 1.29 is 39.1 Å². The van der Waals surface area contributed by atoms with E-state index in [1.165, 1.54) is 0 Å². The zero-order chi connectivity index (χ0) is 10.8. The first-order valence-corrected chi connectivity index (χ1v) is 5.32. The van der Waals surface area contributed by atoms with E-state index >= 15 is 0 Å². The molecule has 0 aromatic heterocycles. The van der Waals surface area contributed by atoms with Gasteiger partial charge in [-0.25, -0.2) is 0 Å². The number of Topliss-reactive ketones (excluding diaryl/α,β-unsaturated/α-hetero) is 2. The summed E-state index contributed by atoms with van der Waals surface area (Å²) >= 11 is 5.77. The van der Waals surface area contributed by atoms with E-state index in [1.807, 2.05) is 12.1 Å². The van der Waals surface area contributed by atoms with E-state index in [9.17, 15) is 9.59 Å².